The molecule has 0 aliphatic heterocycles. The van der Waals surface area contributed by atoms with Crippen LogP contribution in [0.5, 0.6) is 11.5 Å². The molecule has 0 radical (unpaired) electrons. The topological polar surface area (TPSA) is 21.7 Å². The van der Waals surface area contributed by atoms with Crippen LogP contribution in [0.4, 0.5) is 5.69 Å². The van der Waals surface area contributed by atoms with Crippen LogP contribution in [-0.4, -0.2) is 26.8 Å². The first-order valence-electron chi connectivity index (χ1n) is 7.21. The zero-order chi connectivity index (χ0) is 16.8. The van der Waals surface area contributed by atoms with Crippen molar-refractivity contribution < 1.29 is 9.47 Å². The minimum absolute atomic E-state index is 0.413. The fourth-order valence-corrected chi connectivity index (χ4v) is 2.75. The lowest BCUT2D eigenvalue weighted by atomic mass is 10.2. The monoisotopic (exact) mass is 373 g/mol. The third-order valence-corrected chi connectivity index (χ3v) is 4.41. The van der Waals surface area contributed by atoms with Gasteiger partial charge in [-0.15, -0.1) is 0 Å². The van der Waals surface area contributed by atoms with Crippen molar-refractivity contribution in [3.05, 3.63) is 51.5 Å². The van der Waals surface area contributed by atoms with E-state index in [9.17, 15) is 0 Å². The van der Waals surface area contributed by atoms with Crippen molar-refractivity contribution in [3.8, 4) is 11.5 Å². The van der Waals surface area contributed by atoms with E-state index in [-0.39, 0.29) is 0 Å². The van der Waals surface area contributed by atoms with Crippen molar-refractivity contribution in [1.82, 2.24) is 0 Å². The highest BCUT2D eigenvalue weighted by atomic mass is 35.5. The summed E-state index contributed by atoms with van der Waals surface area (Å²) in [6.07, 6.45) is 0. The first-order valence-corrected chi connectivity index (χ1v) is 8.35. The number of benzene rings is 2. The number of hydrogen-bond acceptors (Lipinski definition) is 3. The Bertz CT molecular complexity index is 664. The van der Waals surface area contributed by atoms with Gasteiger partial charge in [-0.05, 0) is 25.1 Å². The molecule has 124 valence electrons. The molecule has 2 aromatic rings. The molecule has 0 aliphatic rings. The van der Waals surface area contributed by atoms with Crippen LogP contribution in [0.15, 0.2) is 36.4 Å². The van der Waals surface area contributed by atoms with E-state index in [1.807, 2.05) is 24.3 Å². The van der Waals surface area contributed by atoms with Crippen LogP contribution in [0, 0.1) is 0 Å². The van der Waals surface area contributed by atoms with Gasteiger partial charge >= 0.3 is 0 Å². The Morgan fingerprint density at radius 3 is 2.43 bits per heavy atom. The normalized spacial score (nSPS) is 10.5. The van der Waals surface area contributed by atoms with E-state index in [1.54, 1.807) is 19.2 Å². The summed E-state index contributed by atoms with van der Waals surface area (Å²) in [6, 6.07) is 11.1. The first-order chi connectivity index (χ1) is 11.0. The second-order valence-electron chi connectivity index (χ2n) is 4.83. The van der Waals surface area contributed by atoms with Gasteiger partial charge in [-0.2, -0.15) is 0 Å². The van der Waals surface area contributed by atoms with E-state index >= 15 is 0 Å². The predicted octanol–water partition coefficient (Wildman–Crippen LogP) is 5.56. The van der Waals surface area contributed by atoms with E-state index in [0.717, 1.165) is 18.0 Å². The van der Waals surface area contributed by atoms with Crippen molar-refractivity contribution in [3.63, 3.8) is 0 Å². The SMILES string of the molecule is CCN(CCOc1cc(Cl)c(Cl)cc1Cl)c1cccc(OC)c1. The maximum absolute atomic E-state index is 6.11. The minimum Gasteiger partial charge on any atom is -0.497 e. The van der Waals surface area contributed by atoms with Crippen molar-refractivity contribution in [2.45, 2.75) is 6.92 Å². The van der Waals surface area contributed by atoms with Crippen LogP contribution in [0.1, 0.15) is 6.92 Å². The van der Waals surface area contributed by atoms with Crippen LogP contribution in [-0.2, 0) is 0 Å². The van der Waals surface area contributed by atoms with Gasteiger partial charge in [0, 0.05) is 24.4 Å². The lowest BCUT2D eigenvalue weighted by molar-refractivity contribution is 0.324. The van der Waals surface area contributed by atoms with Crippen LogP contribution in [0.3, 0.4) is 0 Å². The lowest BCUT2D eigenvalue weighted by Crippen LogP contribution is -2.28. The zero-order valence-electron chi connectivity index (χ0n) is 13.0. The molecule has 0 spiro atoms. The summed E-state index contributed by atoms with van der Waals surface area (Å²) < 4.78 is 11.0. The molecule has 0 unspecified atom stereocenters. The van der Waals surface area contributed by atoms with Gasteiger partial charge in [0.05, 0.1) is 28.7 Å². The van der Waals surface area contributed by atoms with E-state index in [1.165, 1.54) is 0 Å². The van der Waals surface area contributed by atoms with Gasteiger partial charge in [0.1, 0.15) is 18.1 Å². The smallest absolute Gasteiger partial charge is 0.139 e. The average Bonchev–Trinajstić information content (AvgIpc) is 2.56. The minimum atomic E-state index is 0.413. The van der Waals surface area contributed by atoms with Gasteiger partial charge in [0.25, 0.3) is 0 Å². The van der Waals surface area contributed by atoms with Crippen molar-refractivity contribution >= 4 is 40.5 Å². The summed E-state index contributed by atoms with van der Waals surface area (Å²) in [6.45, 7) is 4.13. The van der Waals surface area contributed by atoms with Crippen molar-refractivity contribution in [1.29, 1.82) is 0 Å². The van der Waals surface area contributed by atoms with E-state index in [2.05, 4.69) is 11.8 Å². The Hall–Kier alpha value is -1.29. The number of hydrogen-bond donors (Lipinski definition) is 0. The maximum atomic E-state index is 6.11. The molecule has 0 fully saturated rings. The van der Waals surface area contributed by atoms with Crippen LogP contribution >= 0.6 is 34.8 Å². The summed E-state index contributed by atoms with van der Waals surface area (Å²) in [4.78, 5) is 2.19. The van der Waals surface area contributed by atoms with Gasteiger partial charge in [-0.25, -0.2) is 0 Å². The zero-order valence-corrected chi connectivity index (χ0v) is 15.3. The highest BCUT2D eigenvalue weighted by Gasteiger charge is 2.09. The lowest BCUT2D eigenvalue weighted by Gasteiger charge is -2.23. The third kappa shape index (κ3) is 4.84. The quantitative estimate of drug-likeness (QED) is 0.592. The molecule has 0 atom stereocenters. The van der Waals surface area contributed by atoms with Crippen LogP contribution in [0.2, 0.25) is 15.1 Å². The number of likely N-dealkylation sites (N-methyl/N-ethyl adjacent to an activating group) is 1. The predicted molar refractivity (Wildman–Crippen MR) is 97.8 cm³/mol. The number of methoxy groups -OCH3 is 1. The Kier molecular flexibility index (Phi) is 6.70. The maximum Gasteiger partial charge on any atom is 0.139 e. The average molecular weight is 375 g/mol. The molecule has 0 saturated heterocycles. The number of ether oxygens (including phenoxy) is 2. The van der Waals surface area contributed by atoms with Gasteiger partial charge in [-0.1, -0.05) is 40.9 Å². The molecule has 0 saturated carbocycles. The molecule has 0 bridgehead atoms. The van der Waals surface area contributed by atoms with Gasteiger partial charge < -0.3 is 14.4 Å². The van der Waals surface area contributed by atoms with Gasteiger partial charge in [-0.3, -0.25) is 0 Å². The summed E-state index contributed by atoms with van der Waals surface area (Å²) in [7, 11) is 1.66. The Morgan fingerprint density at radius 2 is 1.74 bits per heavy atom. The third-order valence-electron chi connectivity index (χ3n) is 3.39. The molecule has 23 heavy (non-hydrogen) atoms. The highest BCUT2D eigenvalue weighted by Crippen LogP contribution is 2.33. The van der Waals surface area contributed by atoms with Crippen molar-refractivity contribution in [2.75, 3.05) is 31.7 Å². The number of rotatable bonds is 7. The molecule has 2 aromatic carbocycles. The Balaban J connectivity index is 1.99. The molecular weight excluding hydrogens is 357 g/mol. The highest BCUT2D eigenvalue weighted by molar-refractivity contribution is 6.43. The fourth-order valence-electron chi connectivity index (χ4n) is 2.16. The van der Waals surface area contributed by atoms with E-state index in [4.69, 9.17) is 44.3 Å². The number of nitrogens with zero attached hydrogens (tertiary/aromatic N) is 1. The Morgan fingerprint density at radius 1 is 1.00 bits per heavy atom. The fraction of sp³-hybridized carbons (Fsp3) is 0.294. The molecule has 6 heteroatoms. The summed E-state index contributed by atoms with van der Waals surface area (Å²) in [5, 5.41) is 1.28. The van der Waals surface area contributed by atoms with Gasteiger partial charge in [0.2, 0.25) is 0 Å². The molecular formula is C17H18Cl3NO2. The molecule has 0 amide bonds. The van der Waals surface area contributed by atoms with Gasteiger partial charge in [0.15, 0.2) is 0 Å². The molecule has 3 nitrogen and oxygen atoms in total. The second kappa shape index (κ2) is 8.53. The largest absolute Gasteiger partial charge is 0.497 e. The van der Waals surface area contributed by atoms with Crippen molar-refractivity contribution in [2.24, 2.45) is 0 Å². The first kappa shape index (κ1) is 18.1. The molecule has 0 heterocycles. The standard InChI is InChI=1S/C17H18Cl3NO2/c1-3-21(12-5-4-6-13(9-12)22-2)7-8-23-17-11-15(19)14(18)10-16(17)20/h4-6,9-11H,3,7-8H2,1-2H3. The molecule has 0 N–H and O–H groups in total. The molecule has 0 aliphatic carbocycles. The Labute approximate surface area is 151 Å². The van der Waals surface area contributed by atoms with Crippen LogP contribution in [0.25, 0.3) is 0 Å². The number of anilines is 1. The summed E-state index contributed by atoms with van der Waals surface area (Å²) in [5.74, 6) is 1.36. The summed E-state index contributed by atoms with van der Waals surface area (Å²) in [5.41, 5.74) is 1.08. The van der Waals surface area contributed by atoms with E-state index < -0.39 is 0 Å². The molecule has 0 aromatic heterocycles. The van der Waals surface area contributed by atoms with E-state index in [0.29, 0.717) is 34.0 Å². The van der Waals surface area contributed by atoms with Crippen LogP contribution < -0.4 is 14.4 Å². The number of halogens is 3. The molecule has 2 rings (SSSR count). The summed E-state index contributed by atoms with van der Waals surface area (Å²) >= 11 is 18.0. The second-order valence-corrected chi connectivity index (χ2v) is 6.05.